The van der Waals surface area contributed by atoms with Gasteiger partial charge in [0.05, 0.1) is 5.76 Å². The van der Waals surface area contributed by atoms with Crippen LogP contribution in [0.5, 0.6) is 0 Å². The molecule has 0 bridgehead atoms. The van der Waals surface area contributed by atoms with Gasteiger partial charge in [-0.1, -0.05) is 20.3 Å². The van der Waals surface area contributed by atoms with Crippen LogP contribution in [0.15, 0.2) is 11.8 Å². The molecule has 0 saturated heterocycles. The molecule has 0 aliphatic heterocycles. The number of hydrogen-bond acceptors (Lipinski definition) is 1. The summed E-state index contributed by atoms with van der Waals surface area (Å²) in [6, 6.07) is 0. The summed E-state index contributed by atoms with van der Waals surface area (Å²) in [5.41, 5.74) is 0. The lowest BCUT2D eigenvalue weighted by Crippen LogP contribution is -1.81. The van der Waals surface area contributed by atoms with Gasteiger partial charge in [0.2, 0.25) is 0 Å². The zero-order valence-electron chi connectivity index (χ0n) is 6.22. The van der Waals surface area contributed by atoms with Crippen LogP contribution in [0.25, 0.3) is 0 Å². The van der Waals surface area contributed by atoms with Gasteiger partial charge in [0.25, 0.3) is 0 Å². The molecule has 0 aliphatic rings. The van der Waals surface area contributed by atoms with Crippen LogP contribution in [0.1, 0.15) is 33.1 Å². The average Bonchev–Trinajstić information content (AvgIpc) is 1.85. The van der Waals surface area contributed by atoms with Crippen LogP contribution in [0.3, 0.4) is 0 Å². The Hall–Kier alpha value is -0.460. The Morgan fingerprint density at radius 2 is 2.11 bits per heavy atom. The van der Waals surface area contributed by atoms with Crippen molar-refractivity contribution >= 4 is 0 Å². The largest absolute Gasteiger partial charge is 0.512 e. The molecular formula is C8H15O. The van der Waals surface area contributed by atoms with Crippen LogP contribution in [0.2, 0.25) is 0 Å². The van der Waals surface area contributed by atoms with E-state index >= 15 is 0 Å². The first-order chi connectivity index (χ1) is 4.31. The molecule has 0 spiro atoms. The standard InChI is InChI=1S/C8H15O/c1-3-5-7-8(9)6-4-2/h6-7,9H,3-5H2,1-2H3/b8-6-. The Labute approximate surface area is 57.4 Å². The maximum Gasteiger partial charge on any atom is 0.0920 e. The van der Waals surface area contributed by atoms with Gasteiger partial charge in [-0.15, -0.1) is 0 Å². The molecular weight excluding hydrogens is 112 g/mol. The summed E-state index contributed by atoms with van der Waals surface area (Å²) in [4.78, 5) is 0. The Kier molecular flexibility index (Phi) is 5.38. The summed E-state index contributed by atoms with van der Waals surface area (Å²) in [6.45, 7) is 4.10. The summed E-state index contributed by atoms with van der Waals surface area (Å²) < 4.78 is 0. The fourth-order valence-corrected chi connectivity index (χ4v) is 0.585. The van der Waals surface area contributed by atoms with E-state index in [-0.39, 0.29) is 0 Å². The maximum absolute atomic E-state index is 8.99. The minimum atomic E-state index is 0.430. The van der Waals surface area contributed by atoms with Gasteiger partial charge in [0.1, 0.15) is 0 Å². The maximum atomic E-state index is 8.99. The van der Waals surface area contributed by atoms with E-state index in [4.69, 9.17) is 5.11 Å². The molecule has 0 amide bonds. The van der Waals surface area contributed by atoms with Crippen molar-refractivity contribution in [2.24, 2.45) is 0 Å². The number of rotatable bonds is 4. The van der Waals surface area contributed by atoms with Gasteiger partial charge in [-0.2, -0.15) is 0 Å². The second-order valence-electron chi connectivity index (χ2n) is 2.03. The molecule has 0 rings (SSSR count). The molecule has 1 heteroatoms. The second kappa shape index (κ2) is 5.67. The molecule has 0 saturated carbocycles. The zero-order chi connectivity index (χ0) is 7.11. The zero-order valence-corrected chi connectivity index (χ0v) is 6.22. The fourth-order valence-electron chi connectivity index (χ4n) is 0.585. The Morgan fingerprint density at radius 3 is 2.56 bits per heavy atom. The van der Waals surface area contributed by atoms with Crippen molar-refractivity contribution in [3.8, 4) is 0 Å². The Bertz CT molecular complexity index is 84.6. The van der Waals surface area contributed by atoms with E-state index in [1.54, 1.807) is 0 Å². The van der Waals surface area contributed by atoms with E-state index < -0.39 is 0 Å². The highest BCUT2D eigenvalue weighted by Gasteiger charge is 1.89. The van der Waals surface area contributed by atoms with Crippen LogP contribution in [0.4, 0.5) is 0 Å². The number of unbranched alkanes of at least 4 members (excludes halogenated alkanes) is 1. The lowest BCUT2D eigenvalue weighted by Gasteiger charge is -1.94. The molecule has 0 atom stereocenters. The lowest BCUT2D eigenvalue weighted by molar-refractivity contribution is 0.413. The topological polar surface area (TPSA) is 20.2 Å². The normalized spacial score (nSPS) is 12.0. The van der Waals surface area contributed by atoms with Gasteiger partial charge in [-0.3, -0.25) is 0 Å². The van der Waals surface area contributed by atoms with Crippen molar-refractivity contribution in [3.05, 3.63) is 18.3 Å². The summed E-state index contributed by atoms with van der Waals surface area (Å²) in [5.74, 6) is 0.430. The highest BCUT2D eigenvalue weighted by Crippen LogP contribution is 2.02. The molecule has 9 heavy (non-hydrogen) atoms. The van der Waals surface area contributed by atoms with E-state index in [0.29, 0.717) is 5.76 Å². The molecule has 1 radical (unpaired) electrons. The molecule has 0 fully saturated rings. The molecule has 0 aliphatic carbocycles. The molecule has 0 unspecified atom stereocenters. The second-order valence-corrected chi connectivity index (χ2v) is 2.03. The third kappa shape index (κ3) is 5.41. The third-order valence-electron chi connectivity index (χ3n) is 1.06. The van der Waals surface area contributed by atoms with Crippen LogP contribution in [-0.2, 0) is 0 Å². The monoisotopic (exact) mass is 127 g/mol. The first-order valence-electron chi connectivity index (χ1n) is 3.53. The van der Waals surface area contributed by atoms with Gasteiger partial charge in [0.15, 0.2) is 0 Å². The minimum absolute atomic E-state index is 0.430. The third-order valence-corrected chi connectivity index (χ3v) is 1.06. The molecule has 53 valence electrons. The molecule has 0 heterocycles. The predicted octanol–water partition coefficient (Wildman–Crippen LogP) is 2.84. The predicted molar refractivity (Wildman–Crippen MR) is 40.2 cm³/mol. The van der Waals surface area contributed by atoms with Crippen molar-refractivity contribution in [1.29, 1.82) is 0 Å². The minimum Gasteiger partial charge on any atom is -0.512 e. The smallest absolute Gasteiger partial charge is 0.0920 e. The summed E-state index contributed by atoms with van der Waals surface area (Å²) >= 11 is 0. The number of allylic oxidation sites excluding steroid dienone is 2. The van der Waals surface area contributed by atoms with Gasteiger partial charge >= 0.3 is 0 Å². The van der Waals surface area contributed by atoms with E-state index in [1.165, 1.54) is 0 Å². The number of aliphatic hydroxyl groups is 1. The van der Waals surface area contributed by atoms with E-state index in [2.05, 4.69) is 6.92 Å². The number of hydrogen-bond donors (Lipinski definition) is 1. The summed E-state index contributed by atoms with van der Waals surface area (Å²) in [5, 5.41) is 8.99. The molecule has 1 N–H and O–H groups in total. The van der Waals surface area contributed by atoms with Gasteiger partial charge < -0.3 is 5.11 Å². The van der Waals surface area contributed by atoms with Crippen LogP contribution >= 0.6 is 0 Å². The first-order valence-corrected chi connectivity index (χ1v) is 3.53. The first kappa shape index (κ1) is 8.54. The van der Waals surface area contributed by atoms with Crippen LogP contribution in [0, 0.1) is 6.42 Å². The quantitative estimate of drug-likeness (QED) is 0.576. The van der Waals surface area contributed by atoms with Crippen LogP contribution in [-0.4, -0.2) is 5.11 Å². The Balaban J connectivity index is 3.25. The summed E-state index contributed by atoms with van der Waals surface area (Å²) in [6.07, 6.45) is 6.65. The molecule has 0 aromatic carbocycles. The highest BCUT2D eigenvalue weighted by atomic mass is 16.3. The highest BCUT2D eigenvalue weighted by molar-refractivity contribution is 5.02. The Morgan fingerprint density at radius 1 is 1.44 bits per heavy atom. The van der Waals surface area contributed by atoms with Gasteiger partial charge in [0, 0.05) is 6.42 Å². The van der Waals surface area contributed by atoms with Crippen molar-refractivity contribution in [2.45, 2.75) is 33.1 Å². The SMILES string of the molecule is CC/C=C(\O)[CH]CCC. The summed E-state index contributed by atoms with van der Waals surface area (Å²) in [7, 11) is 0. The van der Waals surface area contributed by atoms with E-state index in [9.17, 15) is 0 Å². The lowest BCUT2D eigenvalue weighted by atomic mass is 10.2. The average molecular weight is 127 g/mol. The van der Waals surface area contributed by atoms with E-state index in [0.717, 1.165) is 19.3 Å². The van der Waals surface area contributed by atoms with Crippen molar-refractivity contribution in [2.75, 3.05) is 0 Å². The fraction of sp³-hybridized carbons (Fsp3) is 0.625. The molecule has 0 aromatic rings. The van der Waals surface area contributed by atoms with Crippen molar-refractivity contribution < 1.29 is 5.11 Å². The van der Waals surface area contributed by atoms with Gasteiger partial charge in [-0.25, -0.2) is 0 Å². The van der Waals surface area contributed by atoms with Crippen molar-refractivity contribution in [3.63, 3.8) is 0 Å². The van der Waals surface area contributed by atoms with Gasteiger partial charge in [-0.05, 0) is 18.9 Å². The van der Waals surface area contributed by atoms with Crippen LogP contribution < -0.4 is 0 Å². The van der Waals surface area contributed by atoms with E-state index in [1.807, 2.05) is 19.4 Å². The molecule has 1 nitrogen and oxygen atoms in total. The number of aliphatic hydroxyl groups excluding tert-OH is 1. The molecule has 0 aromatic heterocycles. The van der Waals surface area contributed by atoms with Crippen molar-refractivity contribution in [1.82, 2.24) is 0 Å².